The highest BCUT2D eigenvalue weighted by atomic mass is 19.1. The highest BCUT2D eigenvalue weighted by molar-refractivity contribution is 5.95. The number of aromatic hydroxyl groups is 1. The minimum atomic E-state index is -0.719. The van der Waals surface area contributed by atoms with E-state index in [9.17, 15) is 24.4 Å². The first-order valence-electron chi connectivity index (χ1n) is 7.59. The summed E-state index contributed by atoms with van der Waals surface area (Å²) in [6.07, 6.45) is -0.384. The molecule has 0 bridgehead atoms. The second-order valence-corrected chi connectivity index (χ2v) is 5.62. The van der Waals surface area contributed by atoms with Crippen LogP contribution in [0.1, 0.15) is 22.0 Å². The van der Waals surface area contributed by atoms with Gasteiger partial charge in [0.15, 0.2) is 5.75 Å². The lowest BCUT2D eigenvalue weighted by Crippen LogP contribution is -2.42. The standard InChI is InChI=1S/C17H15FN2O5/c18-13-4-1-11(2-5-13)16-10-19(7-8-25-16)17(22)12-3-6-14(20(23)24)15(21)9-12/h1-6,9,16,21H,7-8,10H2/t16-/m1/s1. The van der Waals surface area contributed by atoms with Crippen LogP contribution in [0.25, 0.3) is 0 Å². The predicted octanol–water partition coefficient (Wildman–Crippen LogP) is 2.65. The number of halogens is 1. The predicted molar refractivity (Wildman–Crippen MR) is 85.8 cm³/mol. The molecule has 1 heterocycles. The van der Waals surface area contributed by atoms with Gasteiger partial charge in [-0.3, -0.25) is 14.9 Å². The summed E-state index contributed by atoms with van der Waals surface area (Å²) < 4.78 is 18.7. The SMILES string of the molecule is O=C(c1ccc([N+](=O)[O-])c(O)c1)N1CCO[C@@H](c2ccc(F)cc2)C1. The fraction of sp³-hybridized carbons (Fsp3) is 0.235. The average Bonchev–Trinajstić information content (AvgIpc) is 2.61. The van der Waals surface area contributed by atoms with Gasteiger partial charge in [0, 0.05) is 18.2 Å². The summed E-state index contributed by atoms with van der Waals surface area (Å²) in [6, 6.07) is 9.35. The molecule has 0 aromatic heterocycles. The van der Waals surface area contributed by atoms with Crippen molar-refractivity contribution in [2.75, 3.05) is 19.7 Å². The van der Waals surface area contributed by atoms with Gasteiger partial charge in [-0.05, 0) is 29.8 Å². The fourth-order valence-electron chi connectivity index (χ4n) is 2.71. The zero-order valence-electron chi connectivity index (χ0n) is 13.1. The minimum Gasteiger partial charge on any atom is -0.502 e. The van der Waals surface area contributed by atoms with Crippen molar-refractivity contribution < 1.29 is 24.0 Å². The molecule has 0 aliphatic carbocycles. The first-order valence-corrected chi connectivity index (χ1v) is 7.59. The van der Waals surface area contributed by atoms with Crippen molar-refractivity contribution in [2.24, 2.45) is 0 Å². The molecule has 2 aromatic carbocycles. The van der Waals surface area contributed by atoms with Crippen LogP contribution in [0.5, 0.6) is 5.75 Å². The molecule has 0 saturated carbocycles. The zero-order valence-corrected chi connectivity index (χ0v) is 13.1. The molecular formula is C17H15FN2O5. The number of nitro groups is 1. The largest absolute Gasteiger partial charge is 0.502 e. The first-order chi connectivity index (χ1) is 12.0. The molecule has 130 valence electrons. The van der Waals surface area contributed by atoms with Gasteiger partial charge in [-0.25, -0.2) is 4.39 Å². The molecule has 2 aromatic rings. The maximum Gasteiger partial charge on any atom is 0.310 e. The summed E-state index contributed by atoms with van der Waals surface area (Å²) in [6.45, 7) is 0.934. The summed E-state index contributed by atoms with van der Waals surface area (Å²) in [5.41, 5.74) is 0.455. The van der Waals surface area contributed by atoms with E-state index in [0.29, 0.717) is 13.2 Å². The van der Waals surface area contributed by atoms with Crippen LogP contribution >= 0.6 is 0 Å². The number of hydrogen-bond acceptors (Lipinski definition) is 5. The van der Waals surface area contributed by atoms with E-state index < -0.39 is 16.4 Å². The van der Waals surface area contributed by atoms with Crippen LogP contribution in [-0.2, 0) is 4.74 Å². The average molecular weight is 346 g/mol. The lowest BCUT2D eigenvalue weighted by atomic mass is 10.1. The van der Waals surface area contributed by atoms with Crippen molar-refractivity contribution in [1.29, 1.82) is 0 Å². The zero-order chi connectivity index (χ0) is 18.0. The van der Waals surface area contributed by atoms with Crippen molar-refractivity contribution in [3.63, 3.8) is 0 Å². The van der Waals surface area contributed by atoms with Gasteiger partial charge in [0.25, 0.3) is 5.91 Å². The molecule has 7 nitrogen and oxygen atoms in total. The smallest absolute Gasteiger partial charge is 0.310 e. The van der Waals surface area contributed by atoms with Crippen molar-refractivity contribution >= 4 is 11.6 Å². The molecule has 25 heavy (non-hydrogen) atoms. The van der Waals surface area contributed by atoms with Gasteiger partial charge in [-0.15, -0.1) is 0 Å². The maximum absolute atomic E-state index is 13.0. The second kappa shape index (κ2) is 6.86. The van der Waals surface area contributed by atoms with E-state index in [1.165, 1.54) is 23.1 Å². The number of phenolic OH excluding ortho intramolecular Hbond substituents is 1. The molecule has 1 aliphatic heterocycles. The van der Waals surface area contributed by atoms with Crippen LogP contribution in [0.4, 0.5) is 10.1 Å². The molecule has 3 rings (SSSR count). The van der Waals surface area contributed by atoms with Crippen molar-refractivity contribution in [3.8, 4) is 5.75 Å². The van der Waals surface area contributed by atoms with Crippen LogP contribution in [0, 0.1) is 15.9 Å². The summed E-state index contributed by atoms with van der Waals surface area (Å²) in [5, 5.41) is 20.4. The van der Waals surface area contributed by atoms with Gasteiger partial charge in [0.2, 0.25) is 0 Å². The first kappa shape index (κ1) is 16.8. The minimum absolute atomic E-state index is 0.155. The third-order valence-electron chi connectivity index (χ3n) is 4.01. The van der Waals surface area contributed by atoms with E-state index in [4.69, 9.17) is 4.74 Å². The molecule has 0 spiro atoms. The molecule has 1 aliphatic rings. The Bertz CT molecular complexity index is 809. The molecule has 1 fully saturated rings. The number of nitro benzene ring substituents is 1. The quantitative estimate of drug-likeness (QED) is 0.681. The van der Waals surface area contributed by atoms with Crippen molar-refractivity contribution in [3.05, 3.63) is 69.5 Å². The molecular weight excluding hydrogens is 331 g/mol. The molecule has 0 radical (unpaired) electrons. The number of phenols is 1. The molecule has 1 amide bonds. The van der Waals surface area contributed by atoms with Crippen LogP contribution < -0.4 is 0 Å². The Hall–Kier alpha value is -3.00. The number of morpholine rings is 1. The lowest BCUT2D eigenvalue weighted by Gasteiger charge is -2.33. The summed E-state index contributed by atoms with van der Waals surface area (Å²) in [4.78, 5) is 24.1. The van der Waals surface area contributed by atoms with E-state index in [1.54, 1.807) is 12.1 Å². The number of nitrogens with zero attached hydrogens (tertiary/aromatic N) is 2. The summed E-state index contributed by atoms with van der Waals surface area (Å²) in [7, 11) is 0. The van der Waals surface area contributed by atoms with Gasteiger partial charge in [0.1, 0.15) is 11.9 Å². The second-order valence-electron chi connectivity index (χ2n) is 5.62. The Labute approximate surface area is 142 Å². The number of amides is 1. The Morgan fingerprint density at radius 1 is 1.28 bits per heavy atom. The Balaban J connectivity index is 1.77. The number of hydrogen-bond donors (Lipinski definition) is 1. The van der Waals surface area contributed by atoms with E-state index in [0.717, 1.165) is 17.7 Å². The van der Waals surface area contributed by atoms with Gasteiger partial charge in [0.05, 0.1) is 18.1 Å². The van der Waals surface area contributed by atoms with Crippen molar-refractivity contribution in [1.82, 2.24) is 4.90 Å². The third kappa shape index (κ3) is 3.58. The molecule has 8 heteroatoms. The number of carbonyl (C=O) groups excluding carboxylic acids is 1. The molecule has 1 atom stereocenters. The Morgan fingerprint density at radius 2 is 2.00 bits per heavy atom. The number of carbonyl (C=O) groups is 1. The van der Waals surface area contributed by atoms with E-state index in [2.05, 4.69) is 0 Å². The lowest BCUT2D eigenvalue weighted by molar-refractivity contribution is -0.385. The van der Waals surface area contributed by atoms with E-state index in [-0.39, 0.29) is 29.9 Å². The number of rotatable bonds is 3. The van der Waals surface area contributed by atoms with Gasteiger partial charge >= 0.3 is 5.69 Å². The summed E-state index contributed by atoms with van der Waals surface area (Å²) in [5.74, 6) is -1.27. The fourth-order valence-corrected chi connectivity index (χ4v) is 2.71. The highest BCUT2D eigenvalue weighted by Gasteiger charge is 2.27. The van der Waals surface area contributed by atoms with Gasteiger partial charge in [-0.2, -0.15) is 0 Å². The Kier molecular flexibility index (Phi) is 4.62. The van der Waals surface area contributed by atoms with E-state index in [1.807, 2.05) is 0 Å². The topological polar surface area (TPSA) is 92.9 Å². The molecule has 1 saturated heterocycles. The van der Waals surface area contributed by atoms with Crippen LogP contribution in [0.3, 0.4) is 0 Å². The summed E-state index contributed by atoms with van der Waals surface area (Å²) >= 11 is 0. The van der Waals surface area contributed by atoms with Crippen LogP contribution in [0.2, 0.25) is 0 Å². The molecule has 1 N–H and O–H groups in total. The highest BCUT2D eigenvalue weighted by Crippen LogP contribution is 2.28. The number of benzene rings is 2. The molecule has 0 unspecified atom stereocenters. The maximum atomic E-state index is 13.0. The van der Waals surface area contributed by atoms with Gasteiger partial charge in [-0.1, -0.05) is 12.1 Å². The van der Waals surface area contributed by atoms with Crippen LogP contribution in [0.15, 0.2) is 42.5 Å². The van der Waals surface area contributed by atoms with E-state index >= 15 is 0 Å². The van der Waals surface area contributed by atoms with Crippen LogP contribution in [-0.4, -0.2) is 40.5 Å². The van der Waals surface area contributed by atoms with Crippen molar-refractivity contribution in [2.45, 2.75) is 6.10 Å². The van der Waals surface area contributed by atoms with Gasteiger partial charge < -0.3 is 14.7 Å². The third-order valence-corrected chi connectivity index (χ3v) is 4.01. The Morgan fingerprint density at radius 3 is 2.64 bits per heavy atom. The monoisotopic (exact) mass is 346 g/mol. The normalized spacial score (nSPS) is 17.3. The number of ether oxygens (including phenoxy) is 1.